The molecular formula is C11H6BrF3N2O. The number of hydrogen-bond acceptors (Lipinski definition) is 3. The number of nitrogen functional groups attached to an aromatic ring is 1. The first-order valence-electron chi connectivity index (χ1n) is 4.71. The highest BCUT2D eigenvalue weighted by Crippen LogP contribution is 2.32. The molecule has 0 spiro atoms. The Morgan fingerprint density at radius 1 is 1.11 bits per heavy atom. The topological polar surface area (TPSA) is 48.1 Å². The number of anilines is 1. The lowest BCUT2D eigenvalue weighted by Crippen LogP contribution is -1.97. The van der Waals surface area contributed by atoms with Gasteiger partial charge in [0.25, 0.3) is 5.88 Å². The predicted molar refractivity (Wildman–Crippen MR) is 62.7 cm³/mol. The zero-order chi connectivity index (χ0) is 13.3. The highest BCUT2D eigenvalue weighted by atomic mass is 79.9. The lowest BCUT2D eigenvalue weighted by Gasteiger charge is -2.09. The smallest absolute Gasteiger partial charge is 0.256 e. The Kier molecular flexibility index (Phi) is 3.42. The Morgan fingerprint density at radius 3 is 2.50 bits per heavy atom. The minimum Gasteiger partial charge on any atom is -0.434 e. The molecule has 2 rings (SSSR count). The fraction of sp³-hybridized carbons (Fsp3) is 0. The SMILES string of the molecule is Nc1cc(Br)c(F)cc1Oc1ncc(F)cc1F. The summed E-state index contributed by atoms with van der Waals surface area (Å²) in [5.74, 6) is -3.05. The third kappa shape index (κ3) is 2.56. The van der Waals surface area contributed by atoms with Crippen LogP contribution in [0.2, 0.25) is 0 Å². The van der Waals surface area contributed by atoms with Gasteiger partial charge in [-0.3, -0.25) is 0 Å². The van der Waals surface area contributed by atoms with Crippen LogP contribution in [0.5, 0.6) is 11.6 Å². The average molecular weight is 319 g/mol. The van der Waals surface area contributed by atoms with Gasteiger partial charge in [0.2, 0.25) is 0 Å². The molecule has 0 aliphatic rings. The second-order valence-corrected chi connectivity index (χ2v) is 4.20. The molecule has 0 atom stereocenters. The van der Waals surface area contributed by atoms with Crippen LogP contribution < -0.4 is 10.5 Å². The van der Waals surface area contributed by atoms with Gasteiger partial charge in [0, 0.05) is 12.1 Å². The molecule has 0 amide bonds. The van der Waals surface area contributed by atoms with Crippen LogP contribution in [0, 0.1) is 17.5 Å². The van der Waals surface area contributed by atoms with E-state index in [-0.39, 0.29) is 15.9 Å². The van der Waals surface area contributed by atoms with E-state index >= 15 is 0 Å². The quantitative estimate of drug-likeness (QED) is 0.860. The molecule has 0 fully saturated rings. The summed E-state index contributed by atoms with van der Waals surface area (Å²) < 4.78 is 44.3. The van der Waals surface area contributed by atoms with Gasteiger partial charge in [-0.25, -0.2) is 18.2 Å². The van der Waals surface area contributed by atoms with Crippen LogP contribution in [0.15, 0.2) is 28.9 Å². The van der Waals surface area contributed by atoms with E-state index in [0.29, 0.717) is 6.07 Å². The monoisotopic (exact) mass is 318 g/mol. The van der Waals surface area contributed by atoms with Crippen molar-refractivity contribution >= 4 is 21.6 Å². The second-order valence-electron chi connectivity index (χ2n) is 3.35. The van der Waals surface area contributed by atoms with Crippen molar-refractivity contribution < 1.29 is 17.9 Å². The summed E-state index contributed by atoms with van der Waals surface area (Å²) in [5, 5.41) is 0. The van der Waals surface area contributed by atoms with Gasteiger partial charge in [-0.15, -0.1) is 0 Å². The van der Waals surface area contributed by atoms with Crippen molar-refractivity contribution in [3.8, 4) is 11.6 Å². The summed E-state index contributed by atoms with van der Waals surface area (Å²) >= 11 is 2.94. The summed E-state index contributed by atoms with van der Waals surface area (Å²) in [7, 11) is 0. The number of ether oxygens (including phenoxy) is 1. The molecule has 2 N–H and O–H groups in total. The molecule has 2 aromatic rings. The second kappa shape index (κ2) is 4.85. The van der Waals surface area contributed by atoms with E-state index in [0.717, 1.165) is 12.3 Å². The highest BCUT2D eigenvalue weighted by molar-refractivity contribution is 9.10. The standard InChI is InChI=1S/C11H6BrF3N2O/c12-6-2-9(16)10(3-7(6)14)18-11-8(15)1-5(13)4-17-11/h1-4H,16H2. The van der Waals surface area contributed by atoms with Crippen molar-refractivity contribution in [1.29, 1.82) is 0 Å². The van der Waals surface area contributed by atoms with E-state index in [4.69, 9.17) is 10.5 Å². The van der Waals surface area contributed by atoms with Gasteiger partial charge in [-0.1, -0.05) is 0 Å². The van der Waals surface area contributed by atoms with Crippen LogP contribution >= 0.6 is 15.9 Å². The van der Waals surface area contributed by atoms with Crippen LogP contribution in [-0.2, 0) is 0 Å². The van der Waals surface area contributed by atoms with E-state index in [1.54, 1.807) is 0 Å². The van der Waals surface area contributed by atoms with Crippen LogP contribution in [0.3, 0.4) is 0 Å². The molecule has 18 heavy (non-hydrogen) atoms. The summed E-state index contributed by atoms with van der Waals surface area (Å²) in [5.41, 5.74) is 5.66. The molecule has 1 aromatic heterocycles. The third-order valence-electron chi connectivity index (χ3n) is 2.03. The van der Waals surface area contributed by atoms with Gasteiger partial charge in [0.05, 0.1) is 16.4 Å². The predicted octanol–water partition coefficient (Wildman–Crippen LogP) is 3.64. The lowest BCUT2D eigenvalue weighted by atomic mass is 10.3. The molecular weight excluding hydrogens is 313 g/mol. The highest BCUT2D eigenvalue weighted by Gasteiger charge is 2.12. The largest absolute Gasteiger partial charge is 0.434 e. The first kappa shape index (κ1) is 12.7. The molecule has 1 heterocycles. The Morgan fingerprint density at radius 2 is 1.83 bits per heavy atom. The van der Waals surface area contributed by atoms with Crippen molar-refractivity contribution in [2.45, 2.75) is 0 Å². The van der Waals surface area contributed by atoms with Crippen LogP contribution in [0.1, 0.15) is 0 Å². The summed E-state index contributed by atoms with van der Waals surface area (Å²) in [6.07, 6.45) is 0.782. The fourth-order valence-corrected chi connectivity index (χ4v) is 1.57. The average Bonchev–Trinajstić information content (AvgIpc) is 2.29. The van der Waals surface area contributed by atoms with Crippen molar-refractivity contribution in [1.82, 2.24) is 4.98 Å². The lowest BCUT2D eigenvalue weighted by molar-refractivity contribution is 0.415. The van der Waals surface area contributed by atoms with Gasteiger partial charge in [-0.2, -0.15) is 0 Å². The number of halogens is 4. The number of nitrogens with two attached hydrogens (primary N) is 1. The van der Waals surface area contributed by atoms with E-state index < -0.39 is 23.3 Å². The number of rotatable bonds is 2. The molecule has 1 aromatic carbocycles. The van der Waals surface area contributed by atoms with Crippen molar-refractivity contribution in [2.75, 3.05) is 5.73 Å². The maximum Gasteiger partial charge on any atom is 0.256 e. The number of benzene rings is 1. The Balaban J connectivity index is 2.37. The van der Waals surface area contributed by atoms with Crippen LogP contribution in [-0.4, -0.2) is 4.98 Å². The summed E-state index contributed by atoms with van der Waals surface area (Å²) in [6.45, 7) is 0. The normalized spacial score (nSPS) is 10.4. The van der Waals surface area contributed by atoms with Gasteiger partial charge >= 0.3 is 0 Å². The molecule has 0 unspecified atom stereocenters. The number of aromatic nitrogens is 1. The molecule has 94 valence electrons. The number of pyridine rings is 1. The maximum absolute atomic E-state index is 13.3. The Labute approximate surface area is 109 Å². The molecule has 0 radical (unpaired) electrons. The molecule has 0 bridgehead atoms. The maximum atomic E-state index is 13.3. The Bertz CT molecular complexity index is 607. The van der Waals surface area contributed by atoms with Gasteiger partial charge < -0.3 is 10.5 Å². The minimum atomic E-state index is -1.00. The molecule has 0 saturated carbocycles. The molecule has 0 saturated heterocycles. The van der Waals surface area contributed by atoms with Crippen LogP contribution in [0.4, 0.5) is 18.9 Å². The van der Waals surface area contributed by atoms with Crippen LogP contribution in [0.25, 0.3) is 0 Å². The third-order valence-corrected chi connectivity index (χ3v) is 2.64. The zero-order valence-corrected chi connectivity index (χ0v) is 10.3. The van der Waals surface area contributed by atoms with Gasteiger partial charge in [0.15, 0.2) is 11.6 Å². The van der Waals surface area contributed by atoms with E-state index in [1.165, 1.54) is 6.07 Å². The summed E-state index contributed by atoms with van der Waals surface area (Å²) in [6, 6.07) is 2.85. The first-order valence-corrected chi connectivity index (χ1v) is 5.50. The van der Waals surface area contributed by atoms with E-state index in [9.17, 15) is 13.2 Å². The molecule has 7 heteroatoms. The molecule has 3 nitrogen and oxygen atoms in total. The number of hydrogen-bond donors (Lipinski definition) is 1. The minimum absolute atomic E-state index is 0.0915. The van der Waals surface area contributed by atoms with Gasteiger partial charge in [0.1, 0.15) is 11.6 Å². The van der Waals surface area contributed by atoms with Crippen molar-refractivity contribution in [3.63, 3.8) is 0 Å². The van der Waals surface area contributed by atoms with E-state index in [1.807, 2.05) is 0 Å². The molecule has 0 aliphatic heterocycles. The summed E-state index contributed by atoms with van der Waals surface area (Å²) in [4.78, 5) is 3.40. The molecule has 0 aliphatic carbocycles. The van der Waals surface area contributed by atoms with E-state index in [2.05, 4.69) is 20.9 Å². The zero-order valence-electron chi connectivity index (χ0n) is 8.75. The van der Waals surface area contributed by atoms with Crippen molar-refractivity contribution in [3.05, 3.63) is 46.3 Å². The Hall–Kier alpha value is -1.76. The number of nitrogens with zero attached hydrogens (tertiary/aromatic N) is 1. The van der Waals surface area contributed by atoms with Crippen molar-refractivity contribution in [2.24, 2.45) is 0 Å². The fourth-order valence-electron chi connectivity index (χ4n) is 1.21. The first-order chi connectivity index (χ1) is 8.47. The van der Waals surface area contributed by atoms with Gasteiger partial charge in [-0.05, 0) is 22.0 Å².